The predicted octanol–water partition coefficient (Wildman–Crippen LogP) is 6.91. The van der Waals surface area contributed by atoms with Crippen molar-refractivity contribution in [2.45, 2.75) is 104 Å². The van der Waals surface area contributed by atoms with Crippen molar-refractivity contribution in [2.24, 2.45) is 5.41 Å². The largest absolute Gasteiger partial charge is 0.478 e. The van der Waals surface area contributed by atoms with Crippen LogP contribution in [0.3, 0.4) is 0 Å². The lowest BCUT2D eigenvalue weighted by atomic mass is 9.83. The molecule has 0 aromatic carbocycles. The molecular weight excluding hydrogens is 310 g/mol. The molecule has 1 N–H and O–H groups in total. The Labute approximate surface area is 154 Å². The maximum Gasteiger partial charge on any atom is 0.337 e. The highest BCUT2D eigenvalue weighted by molar-refractivity contribution is 5.87. The standard InChI is InChI=1S/C22H39NO2/c1-4-5-6-7-8-9-10-11-12-13-15-22(2,3)16-18-23-17-14-20(19-23)21(24)25/h14,17,19H,4-13,15-16,18H2,1-3H3,(H,24,25). The van der Waals surface area contributed by atoms with Crippen molar-refractivity contribution < 1.29 is 9.90 Å². The number of rotatable bonds is 15. The molecule has 0 aliphatic carbocycles. The number of carboxylic acid groups (broad SMARTS) is 1. The molecular formula is C22H39NO2. The van der Waals surface area contributed by atoms with Gasteiger partial charge in [0.1, 0.15) is 0 Å². The van der Waals surface area contributed by atoms with Gasteiger partial charge >= 0.3 is 5.97 Å². The molecule has 144 valence electrons. The van der Waals surface area contributed by atoms with E-state index >= 15 is 0 Å². The summed E-state index contributed by atoms with van der Waals surface area (Å²) in [7, 11) is 0. The van der Waals surface area contributed by atoms with Crippen LogP contribution >= 0.6 is 0 Å². The number of hydrogen-bond donors (Lipinski definition) is 1. The van der Waals surface area contributed by atoms with E-state index < -0.39 is 5.97 Å². The van der Waals surface area contributed by atoms with Gasteiger partial charge in [-0.25, -0.2) is 4.79 Å². The second kappa shape index (κ2) is 12.2. The van der Waals surface area contributed by atoms with Crippen LogP contribution in [-0.4, -0.2) is 15.6 Å². The zero-order valence-corrected chi connectivity index (χ0v) is 16.7. The third-order valence-electron chi connectivity index (χ3n) is 5.25. The molecule has 0 spiro atoms. The number of aromatic carboxylic acids is 1. The first-order chi connectivity index (χ1) is 11.9. The van der Waals surface area contributed by atoms with Crippen molar-refractivity contribution in [1.82, 2.24) is 4.57 Å². The molecule has 0 fully saturated rings. The van der Waals surface area contributed by atoms with Crippen LogP contribution in [-0.2, 0) is 6.54 Å². The Bertz CT molecular complexity index is 476. The Morgan fingerprint density at radius 1 is 0.960 bits per heavy atom. The van der Waals surface area contributed by atoms with Crippen molar-refractivity contribution in [1.29, 1.82) is 0 Å². The number of carbonyl (C=O) groups is 1. The minimum Gasteiger partial charge on any atom is -0.478 e. The molecule has 3 nitrogen and oxygen atoms in total. The molecule has 0 aliphatic rings. The van der Waals surface area contributed by atoms with Crippen molar-refractivity contribution in [3.63, 3.8) is 0 Å². The molecule has 0 aliphatic heterocycles. The second-order valence-electron chi connectivity index (χ2n) is 8.29. The second-order valence-corrected chi connectivity index (χ2v) is 8.29. The number of aromatic nitrogens is 1. The van der Waals surface area contributed by atoms with Gasteiger partial charge in [-0.2, -0.15) is 0 Å². The van der Waals surface area contributed by atoms with Crippen LogP contribution in [0, 0.1) is 5.41 Å². The summed E-state index contributed by atoms with van der Waals surface area (Å²) in [4.78, 5) is 10.9. The highest BCUT2D eigenvalue weighted by Gasteiger charge is 2.17. The van der Waals surface area contributed by atoms with Crippen LogP contribution in [0.15, 0.2) is 18.5 Å². The number of aryl methyl sites for hydroxylation is 1. The third-order valence-corrected chi connectivity index (χ3v) is 5.25. The summed E-state index contributed by atoms with van der Waals surface area (Å²) in [6.07, 6.45) is 19.8. The van der Waals surface area contributed by atoms with Crippen LogP contribution in [0.25, 0.3) is 0 Å². The van der Waals surface area contributed by atoms with Crippen LogP contribution in [0.2, 0.25) is 0 Å². The molecule has 25 heavy (non-hydrogen) atoms. The lowest BCUT2D eigenvalue weighted by molar-refractivity contribution is 0.0697. The van der Waals surface area contributed by atoms with Crippen molar-refractivity contribution in [2.75, 3.05) is 0 Å². The van der Waals surface area contributed by atoms with Crippen LogP contribution < -0.4 is 0 Å². The fraction of sp³-hybridized carbons (Fsp3) is 0.773. The molecule has 0 atom stereocenters. The topological polar surface area (TPSA) is 42.2 Å². The molecule has 0 unspecified atom stereocenters. The molecule has 0 radical (unpaired) electrons. The predicted molar refractivity (Wildman–Crippen MR) is 106 cm³/mol. The fourth-order valence-corrected chi connectivity index (χ4v) is 3.35. The van der Waals surface area contributed by atoms with Gasteiger partial charge in [-0.05, 0) is 24.3 Å². The van der Waals surface area contributed by atoms with E-state index in [9.17, 15) is 4.79 Å². The van der Waals surface area contributed by atoms with Gasteiger partial charge in [0.15, 0.2) is 0 Å². The zero-order valence-electron chi connectivity index (χ0n) is 16.7. The van der Waals surface area contributed by atoms with E-state index in [4.69, 9.17) is 5.11 Å². The lowest BCUT2D eigenvalue weighted by Gasteiger charge is -2.25. The molecule has 1 heterocycles. The molecule has 0 bridgehead atoms. The number of carboxylic acids is 1. The van der Waals surface area contributed by atoms with Crippen molar-refractivity contribution >= 4 is 5.97 Å². The lowest BCUT2D eigenvalue weighted by Crippen LogP contribution is -2.14. The fourth-order valence-electron chi connectivity index (χ4n) is 3.35. The van der Waals surface area contributed by atoms with Gasteiger partial charge < -0.3 is 9.67 Å². The molecule has 0 saturated heterocycles. The van der Waals surface area contributed by atoms with Crippen LogP contribution in [0.5, 0.6) is 0 Å². The van der Waals surface area contributed by atoms with E-state index in [1.807, 2.05) is 10.8 Å². The highest BCUT2D eigenvalue weighted by Crippen LogP contribution is 2.29. The Morgan fingerprint density at radius 2 is 1.52 bits per heavy atom. The van der Waals surface area contributed by atoms with Gasteiger partial charge in [0.2, 0.25) is 0 Å². The Morgan fingerprint density at radius 3 is 2.04 bits per heavy atom. The van der Waals surface area contributed by atoms with E-state index in [2.05, 4.69) is 20.8 Å². The van der Waals surface area contributed by atoms with E-state index in [1.54, 1.807) is 12.3 Å². The molecule has 0 amide bonds. The highest BCUT2D eigenvalue weighted by atomic mass is 16.4. The maximum absolute atomic E-state index is 10.9. The summed E-state index contributed by atoms with van der Waals surface area (Å²) in [5.74, 6) is -0.844. The van der Waals surface area contributed by atoms with E-state index in [0.717, 1.165) is 13.0 Å². The number of hydrogen-bond acceptors (Lipinski definition) is 1. The smallest absolute Gasteiger partial charge is 0.337 e. The molecule has 1 rings (SSSR count). The van der Waals surface area contributed by atoms with Gasteiger partial charge in [-0.1, -0.05) is 85.0 Å². The van der Waals surface area contributed by atoms with Crippen molar-refractivity contribution in [3.8, 4) is 0 Å². The van der Waals surface area contributed by atoms with Gasteiger partial charge in [0, 0.05) is 18.9 Å². The summed E-state index contributed by atoms with van der Waals surface area (Å²) in [6.45, 7) is 7.84. The molecule has 3 heteroatoms. The number of unbranched alkanes of at least 4 members (excludes halogenated alkanes) is 9. The van der Waals surface area contributed by atoms with Gasteiger partial charge in [-0.3, -0.25) is 0 Å². The monoisotopic (exact) mass is 349 g/mol. The third kappa shape index (κ3) is 10.4. The first-order valence-corrected chi connectivity index (χ1v) is 10.3. The van der Waals surface area contributed by atoms with Crippen molar-refractivity contribution in [3.05, 3.63) is 24.0 Å². The van der Waals surface area contributed by atoms with Crippen LogP contribution in [0.4, 0.5) is 0 Å². The van der Waals surface area contributed by atoms with Gasteiger partial charge in [0.25, 0.3) is 0 Å². The molecule has 1 aromatic rings. The average molecular weight is 350 g/mol. The van der Waals surface area contributed by atoms with Gasteiger partial charge in [-0.15, -0.1) is 0 Å². The zero-order chi connectivity index (χ0) is 18.5. The summed E-state index contributed by atoms with van der Waals surface area (Å²) < 4.78 is 2.00. The first-order valence-electron chi connectivity index (χ1n) is 10.3. The summed E-state index contributed by atoms with van der Waals surface area (Å²) in [5.41, 5.74) is 0.709. The molecule has 0 saturated carbocycles. The van der Waals surface area contributed by atoms with Gasteiger partial charge in [0.05, 0.1) is 5.56 Å². The molecule has 1 aromatic heterocycles. The van der Waals surface area contributed by atoms with E-state index in [1.165, 1.54) is 70.6 Å². The SMILES string of the molecule is CCCCCCCCCCCCC(C)(C)CCn1ccc(C(=O)O)c1. The summed E-state index contributed by atoms with van der Waals surface area (Å²) in [5, 5.41) is 8.97. The normalized spacial score (nSPS) is 11.8. The van der Waals surface area contributed by atoms with Crippen LogP contribution in [0.1, 0.15) is 108 Å². The van der Waals surface area contributed by atoms with E-state index in [-0.39, 0.29) is 0 Å². The minimum atomic E-state index is -0.844. The average Bonchev–Trinajstić information content (AvgIpc) is 3.04. The Kier molecular flexibility index (Phi) is 10.6. The first kappa shape index (κ1) is 21.8. The number of nitrogens with zero attached hydrogens (tertiary/aromatic N) is 1. The Hall–Kier alpha value is -1.25. The summed E-state index contributed by atoms with van der Waals surface area (Å²) >= 11 is 0. The minimum absolute atomic E-state index is 0.327. The van der Waals surface area contributed by atoms with E-state index in [0.29, 0.717) is 11.0 Å². The Balaban J connectivity index is 2.05. The quantitative estimate of drug-likeness (QED) is 0.349. The summed E-state index contributed by atoms with van der Waals surface area (Å²) in [6, 6.07) is 1.68. The maximum atomic E-state index is 10.9.